The minimum Gasteiger partial charge on any atom is -0.481 e. The van der Waals surface area contributed by atoms with Crippen molar-refractivity contribution in [1.82, 2.24) is 4.90 Å². The third-order valence-electron chi connectivity index (χ3n) is 2.28. The number of aldehydes is 1. The van der Waals surface area contributed by atoms with Crippen molar-refractivity contribution in [2.75, 3.05) is 13.6 Å². The summed E-state index contributed by atoms with van der Waals surface area (Å²) in [6, 6.07) is 7.27. The zero-order chi connectivity index (χ0) is 12.0. The van der Waals surface area contributed by atoms with Gasteiger partial charge in [-0.15, -0.1) is 0 Å². The van der Waals surface area contributed by atoms with Gasteiger partial charge < -0.3 is 10.0 Å². The number of benzene rings is 1. The molecule has 0 aliphatic rings. The monoisotopic (exact) mass is 221 g/mol. The van der Waals surface area contributed by atoms with Crippen LogP contribution in [0.1, 0.15) is 22.3 Å². The lowest BCUT2D eigenvalue weighted by Gasteiger charge is -2.15. The Balaban J connectivity index is 2.46. The fourth-order valence-electron chi connectivity index (χ4n) is 1.38. The molecule has 0 heterocycles. The van der Waals surface area contributed by atoms with E-state index in [-0.39, 0.29) is 6.42 Å². The average Bonchev–Trinajstić information content (AvgIpc) is 2.27. The maximum atomic E-state index is 10.4. The molecule has 0 unspecified atom stereocenters. The standard InChI is InChI=1S/C12H15NO3/c1-13(7-6-12(15)16)8-10-2-4-11(9-14)5-3-10/h2-5,9H,6-8H2,1H3,(H,15,16). The number of rotatable bonds is 6. The Morgan fingerprint density at radius 2 is 2.00 bits per heavy atom. The molecule has 1 rings (SSSR count). The molecule has 0 aliphatic heterocycles. The summed E-state index contributed by atoms with van der Waals surface area (Å²) in [6.45, 7) is 1.21. The Bertz CT molecular complexity index is 359. The van der Waals surface area contributed by atoms with Crippen LogP contribution >= 0.6 is 0 Å². The summed E-state index contributed by atoms with van der Waals surface area (Å²) in [5.74, 6) is -0.789. The molecule has 0 radical (unpaired) electrons. The highest BCUT2D eigenvalue weighted by atomic mass is 16.4. The Hall–Kier alpha value is -1.68. The first-order valence-corrected chi connectivity index (χ1v) is 5.06. The fourth-order valence-corrected chi connectivity index (χ4v) is 1.38. The third kappa shape index (κ3) is 4.23. The van der Waals surface area contributed by atoms with Crippen molar-refractivity contribution in [1.29, 1.82) is 0 Å². The van der Waals surface area contributed by atoms with Crippen LogP contribution in [0.4, 0.5) is 0 Å². The van der Waals surface area contributed by atoms with Crippen LogP contribution in [0.2, 0.25) is 0 Å². The zero-order valence-electron chi connectivity index (χ0n) is 9.22. The normalized spacial score (nSPS) is 10.4. The van der Waals surface area contributed by atoms with Crippen molar-refractivity contribution in [2.24, 2.45) is 0 Å². The molecule has 1 aromatic rings. The molecule has 0 atom stereocenters. The molecular weight excluding hydrogens is 206 g/mol. The maximum absolute atomic E-state index is 10.4. The van der Waals surface area contributed by atoms with Gasteiger partial charge in [-0.05, 0) is 12.6 Å². The van der Waals surface area contributed by atoms with Crippen molar-refractivity contribution in [3.8, 4) is 0 Å². The van der Waals surface area contributed by atoms with Crippen LogP contribution in [0.25, 0.3) is 0 Å². The van der Waals surface area contributed by atoms with E-state index >= 15 is 0 Å². The second-order valence-corrected chi connectivity index (χ2v) is 3.74. The van der Waals surface area contributed by atoms with Crippen molar-refractivity contribution in [3.05, 3.63) is 35.4 Å². The number of carbonyl (C=O) groups is 2. The highest BCUT2D eigenvalue weighted by molar-refractivity contribution is 5.74. The van der Waals surface area contributed by atoms with Gasteiger partial charge in [-0.3, -0.25) is 9.59 Å². The molecule has 4 heteroatoms. The van der Waals surface area contributed by atoms with E-state index in [1.54, 1.807) is 12.1 Å². The molecule has 0 fully saturated rings. The van der Waals surface area contributed by atoms with Crippen LogP contribution in [0, 0.1) is 0 Å². The molecule has 0 aliphatic carbocycles. The lowest BCUT2D eigenvalue weighted by Crippen LogP contribution is -2.21. The molecule has 0 bridgehead atoms. The number of aliphatic carboxylic acids is 1. The van der Waals surface area contributed by atoms with E-state index < -0.39 is 5.97 Å². The van der Waals surface area contributed by atoms with E-state index in [1.165, 1.54) is 0 Å². The zero-order valence-corrected chi connectivity index (χ0v) is 9.22. The minimum atomic E-state index is -0.789. The van der Waals surface area contributed by atoms with Crippen LogP contribution in [0.3, 0.4) is 0 Å². The molecule has 0 saturated heterocycles. The molecular formula is C12H15NO3. The Kier molecular flexibility index (Phi) is 4.66. The first-order valence-electron chi connectivity index (χ1n) is 5.06. The predicted molar refractivity (Wildman–Crippen MR) is 60.4 cm³/mol. The van der Waals surface area contributed by atoms with Gasteiger partial charge in [0, 0.05) is 18.7 Å². The quantitative estimate of drug-likeness (QED) is 0.738. The summed E-state index contributed by atoms with van der Waals surface area (Å²) >= 11 is 0. The Morgan fingerprint density at radius 1 is 1.38 bits per heavy atom. The first-order chi connectivity index (χ1) is 7.61. The SMILES string of the molecule is CN(CCC(=O)O)Cc1ccc(C=O)cc1. The lowest BCUT2D eigenvalue weighted by molar-refractivity contribution is -0.137. The van der Waals surface area contributed by atoms with Gasteiger partial charge >= 0.3 is 5.97 Å². The number of carboxylic acid groups (broad SMARTS) is 1. The molecule has 1 N–H and O–H groups in total. The molecule has 0 saturated carbocycles. The Morgan fingerprint density at radius 3 is 2.50 bits per heavy atom. The summed E-state index contributed by atoms with van der Waals surface area (Å²) in [6.07, 6.45) is 0.945. The lowest BCUT2D eigenvalue weighted by atomic mass is 10.1. The van der Waals surface area contributed by atoms with Gasteiger partial charge in [-0.2, -0.15) is 0 Å². The number of hydrogen-bond donors (Lipinski definition) is 1. The van der Waals surface area contributed by atoms with E-state index in [4.69, 9.17) is 5.11 Å². The van der Waals surface area contributed by atoms with E-state index in [9.17, 15) is 9.59 Å². The molecule has 0 spiro atoms. The van der Waals surface area contributed by atoms with Crippen molar-refractivity contribution in [2.45, 2.75) is 13.0 Å². The van der Waals surface area contributed by atoms with Crippen molar-refractivity contribution in [3.63, 3.8) is 0 Å². The van der Waals surface area contributed by atoms with Gasteiger partial charge in [0.1, 0.15) is 6.29 Å². The third-order valence-corrected chi connectivity index (χ3v) is 2.28. The number of carbonyl (C=O) groups excluding carboxylic acids is 1. The summed E-state index contributed by atoms with van der Waals surface area (Å²) in [4.78, 5) is 22.8. The van der Waals surface area contributed by atoms with E-state index in [0.29, 0.717) is 18.7 Å². The van der Waals surface area contributed by atoms with E-state index in [1.807, 2.05) is 24.1 Å². The summed E-state index contributed by atoms with van der Waals surface area (Å²) < 4.78 is 0. The highest BCUT2D eigenvalue weighted by Gasteiger charge is 2.03. The van der Waals surface area contributed by atoms with Crippen molar-refractivity contribution >= 4 is 12.3 Å². The van der Waals surface area contributed by atoms with Crippen LogP contribution < -0.4 is 0 Å². The Labute approximate surface area is 94.5 Å². The number of carboxylic acids is 1. The molecule has 1 aromatic carbocycles. The highest BCUT2D eigenvalue weighted by Crippen LogP contribution is 2.05. The van der Waals surface area contributed by atoms with E-state index in [2.05, 4.69) is 0 Å². The fraction of sp³-hybridized carbons (Fsp3) is 0.333. The van der Waals surface area contributed by atoms with Gasteiger partial charge in [-0.1, -0.05) is 24.3 Å². The predicted octanol–water partition coefficient (Wildman–Crippen LogP) is 1.41. The second kappa shape index (κ2) is 6.02. The van der Waals surface area contributed by atoms with Crippen LogP contribution in [0.5, 0.6) is 0 Å². The summed E-state index contributed by atoms with van der Waals surface area (Å²) in [5.41, 5.74) is 1.72. The number of hydrogen-bond acceptors (Lipinski definition) is 3. The average molecular weight is 221 g/mol. The molecule has 0 amide bonds. The van der Waals surface area contributed by atoms with Gasteiger partial charge in [0.15, 0.2) is 0 Å². The molecule has 4 nitrogen and oxygen atoms in total. The molecule has 16 heavy (non-hydrogen) atoms. The summed E-state index contributed by atoms with van der Waals surface area (Å²) in [7, 11) is 1.87. The number of nitrogens with zero attached hydrogens (tertiary/aromatic N) is 1. The maximum Gasteiger partial charge on any atom is 0.304 e. The van der Waals surface area contributed by atoms with Gasteiger partial charge in [0.25, 0.3) is 0 Å². The minimum absolute atomic E-state index is 0.142. The largest absolute Gasteiger partial charge is 0.481 e. The topological polar surface area (TPSA) is 57.6 Å². The van der Waals surface area contributed by atoms with Crippen LogP contribution in [-0.4, -0.2) is 35.9 Å². The van der Waals surface area contributed by atoms with E-state index in [0.717, 1.165) is 11.8 Å². The van der Waals surface area contributed by atoms with Gasteiger partial charge in [-0.25, -0.2) is 0 Å². The molecule has 0 aromatic heterocycles. The van der Waals surface area contributed by atoms with Crippen LogP contribution in [-0.2, 0) is 11.3 Å². The van der Waals surface area contributed by atoms with Crippen LogP contribution in [0.15, 0.2) is 24.3 Å². The van der Waals surface area contributed by atoms with Crippen molar-refractivity contribution < 1.29 is 14.7 Å². The van der Waals surface area contributed by atoms with Gasteiger partial charge in [0.2, 0.25) is 0 Å². The first kappa shape index (κ1) is 12.4. The van der Waals surface area contributed by atoms with Gasteiger partial charge in [0.05, 0.1) is 6.42 Å². The molecule has 86 valence electrons. The second-order valence-electron chi connectivity index (χ2n) is 3.74. The summed E-state index contributed by atoms with van der Waals surface area (Å²) in [5, 5.41) is 8.53. The smallest absolute Gasteiger partial charge is 0.304 e.